The van der Waals surface area contributed by atoms with Gasteiger partial charge < -0.3 is 16.2 Å². The van der Waals surface area contributed by atoms with E-state index in [4.69, 9.17) is 17.3 Å². The second-order valence-electron chi connectivity index (χ2n) is 3.09. The van der Waals surface area contributed by atoms with Gasteiger partial charge in [-0.3, -0.25) is 9.59 Å². The van der Waals surface area contributed by atoms with E-state index >= 15 is 0 Å². The molecule has 0 aromatic rings. The summed E-state index contributed by atoms with van der Waals surface area (Å²) in [6, 6.07) is -0.756. The van der Waals surface area contributed by atoms with Crippen LogP contribution in [0.5, 0.6) is 0 Å². The summed E-state index contributed by atoms with van der Waals surface area (Å²) in [4.78, 5) is 21.6. The summed E-state index contributed by atoms with van der Waals surface area (Å²) in [7, 11) is 0. The van der Waals surface area contributed by atoms with E-state index in [1.807, 2.05) is 0 Å². The zero-order valence-corrected chi connectivity index (χ0v) is 9.76. The molecule has 1 atom stereocenters. The van der Waals surface area contributed by atoms with E-state index in [9.17, 15) is 9.59 Å². The molecule has 1 amide bonds. The molecule has 0 radical (unpaired) electrons. The summed E-state index contributed by atoms with van der Waals surface area (Å²) >= 11 is 1.54. The summed E-state index contributed by atoms with van der Waals surface area (Å²) in [6.45, 7) is 0.492. The van der Waals surface area contributed by atoms with Crippen molar-refractivity contribution >= 4 is 23.6 Å². The zero-order valence-electron chi connectivity index (χ0n) is 8.94. The van der Waals surface area contributed by atoms with Crippen molar-refractivity contribution in [1.82, 2.24) is 5.32 Å². The quantitative estimate of drug-likeness (QED) is 0.401. The highest BCUT2D eigenvalue weighted by Gasteiger charge is 2.13. The molecule has 5 nitrogen and oxygen atoms in total. The van der Waals surface area contributed by atoms with Gasteiger partial charge in [-0.1, -0.05) is 5.92 Å². The molecule has 90 valence electrons. The second-order valence-corrected chi connectivity index (χ2v) is 4.19. The van der Waals surface area contributed by atoms with Crippen molar-refractivity contribution in [3.05, 3.63) is 0 Å². The van der Waals surface area contributed by atoms with E-state index in [0.717, 1.165) is 5.75 Å². The lowest BCUT2D eigenvalue weighted by molar-refractivity contribution is -0.137. The smallest absolute Gasteiger partial charge is 0.303 e. The van der Waals surface area contributed by atoms with Crippen LogP contribution in [0.15, 0.2) is 0 Å². The van der Waals surface area contributed by atoms with Gasteiger partial charge in [-0.2, -0.15) is 0 Å². The number of thioether (sulfide) groups is 1. The molecule has 0 fully saturated rings. The van der Waals surface area contributed by atoms with E-state index in [-0.39, 0.29) is 18.7 Å². The molecule has 0 saturated carbocycles. The summed E-state index contributed by atoms with van der Waals surface area (Å²) in [5, 5.41) is 11.0. The third kappa shape index (κ3) is 8.15. The van der Waals surface area contributed by atoms with Crippen molar-refractivity contribution in [2.45, 2.75) is 18.9 Å². The average molecular weight is 244 g/mol. The zero-order chi connectivity index (χ0) is 12.4. The Morgan fingerprint density at radius 2 is 2.25 bits per heavy atom. The molecule has 0 spiro atoms. The monoisotopic (exact) mass is 244 g/mol. The van der Waals surface area contributed by atoms with Crippen LogP contribution in [0.2, 0.25) is 0 Å². The van der Waals surface area contributed by atoms with Gasteiger partial charge in [-0.25, -0.2) is 0 Å². The first-order valence-corrected chi connectivity index (χ1v) is 5.99. The minimum atomic E-state index is -0.951. The van der Waals surface area contributed by atoms with Crippen molar-refractivity contribution in [3.63, 3.8) is 0 Å². The van der Waals surface area contributed by atoms with Crippen molar-refractivity contribution in [3.8, 4) is 12.3 Å². The molecule has 1 unspecified atom stereocenters. The Kier molecular flexibility index (Phi) is 8.39. The van der Waals surface area contributed by atoms with Gasteiger partial charge in [-0.05, 0) is 6.42 Å². The number of carboxylic acid groups (broad SMARTS) is 1. The predicted octanol–water partition coefficient (Wildman–Crippen LogP) is -0.339. The highest BCUT2D eigenvalue weighted by molar-refractivity contribution is 7.99. The van der Waals surface area contributed by atoms with Gasteiger partial charge in [0.25, 0.3) is 0 Å². The maximum atomic E-state index is 11.3. The van der Waals surface area contributed by atoms with Crippen molar-refractivity contribution in [2.24, 2.45) is 5.73 Å². The summed E-state index contributed by atoms with van der Waals surface area (Å²) in [5.41, 5.74) is 5.49. The van der Waals surface area contributed by atoms with Crippen LogP contribution in [0, 0.1) is 12.3 Å². The maximum absolute atomic E-state index is 11.3. The van der Waals surface area contributed by atoms with E-state index in [1.165, 1.54) is 11.8 Å². The van der Waals surface area contributed by atoms with Gasteiger partial charge in [0.15, 0.2) is 0 Å². The molecule has 0 aromatic carbocycles. The molecule has 0 rings (SSSR count). The summed E-state index contributed by atoms with van der Waals surface area (Å²) in [6.07, 6.45) is 5.11. The Hall–Kier alpha value is -1.19. The fraction of sp³-hybridized carbons (Fsp3) is 0.600. The standard InChI is InChI=1S/C10H16N2O3S/c1-2-6-16-7-5-12-10(15)8(11)3-4-9(13)14/h1,8H,3-7,11H2,(H,12,15)(H,13,14). The number of hydrogen-bond acceptors (Lipinski definition) is 4. The molecule has 6 heteroatoms. The first-order valence-electron chi connectivity index (χ1n) is 4.84. The maximum Gasteiger partial charge on any atom is 0.303 e. The minimum Gasteiger partial charge on any atom is -0.481 e. The number of carboxylic acids is 1. The fourth-order valence-corrected chi connectivity index (χ4v) is 1.43. The fourth-order valence-electron chi connectivity index (χ4n) is 0.919. The largest absolute Gasteiger partial charge is 0.481 e. The summed E-state index contributed by atoms with van der Waals surface area (Å²) in [5.74, 6) is 2.54. The highest BCUT2D eigenvalue weighted by atomic mass is 32.2. The molecular weight excluding hydrogens is 228 g/mol. The van der Waals surface area contributed by atoms with Crippen LogP contribution in [0.25, 0.3) is 0 Å². The van der Waals surface area contributed by atoms with Gasteiger partial charge in [-0.15, -0.1) is 18.2 Å². The number of hydrogen-bond donors (Lipinski definition) is 3. The Morgan fingerprint density at radius 1 is 1.56 bits per heavy atom. The number of aliphatic carboxylic acids is 1. The third-order valence-corrected chi connectivity index (χ3v) is 2.60. The van der Waals surface area contributed by atoms with Gasteiger partial charge in [0.05, 0.1) is 11.8 Å². The Bertz CT molecular complexity index is 276. The van der Waals surface area contributed by atoms with Crippen LogP contribution in [-0.4, -0.2) is 41.1 Å². The number of nitrogens with two attached hydrogens (primary N) is 1. The topological polar surface area (TPSA) is 92.4 Å². The number of nitrogens with one attached hydrogen (secondary N) is 1. The van der Waals surface area contributed by atoms with Crippen molar-refractivity contribution in [2.75, 3.05) is 18.1 Å². The first kappa shape index (κ1) is 14.8. The normalized spacial score (nSPS) is 11.5. The van der Waals surface area contributed by atoms with Crippen LogP contribution in [0.3, 0.4) is 0 Å². The van der Waals surface area contributed by atoms with E-state index in [2.05, 4.69) is 11.2 Å². The van der Waals surface area contributed by atoms with Crippen LogP contribution in [0.4, 0.5) is 0 Å². The second kappa shape index (κ2) is 9.07. The predicted molar refractivity (Wildman–Crippen MR) is 64.0 cm³/mol. The molecule has 0 aliphatic rings. The van der Waals surface area contributed by atoms with Crippen LogP contribution in [-0.2, 0) is 9.59 Å². The number of carbonyl (C=O) groups excluding carboxylic acids is 1. The Balaban J connectivity index is 3.56. The molecule has 0 saturated heterocycles. The summed E-state index contributed by atoms with van der Waals surface area (Å²) < 4.78 is 0. The molecule has 0 heterocycles. The van der Waals surface area contributed by atoms with Crippen molar-refractivity contribution in [1.29, 1.82) is 0 Å². The van der Waals surface area contributed by atoms with E-state index < -0.39 is 12.0 Å². The minimum absolute atomic E-state index is 0.0968. The van der Waals surface area contributed by atoms with Crippen LogP contribution in [0.1, 0.15) is 12.8 Å². The lowest BCUT2D eigenvalue weighted by Gasteiger charge is -2.10. The number of carbonyl (C=O) groups is 2. The first-order chi connectivity index (χ1) is 7.57. The average Bonchev–Trinajstić information content (AvgIpc) is 2.25. The highest BCUT2D eigenvalue weighted by Crippen LogP contribution is 1.97. The van der Waals surface area contributed by atoms with Gasteiger partial charge >= 0.3 is 5.97 Å². The molecule has 4 N–H and O–H groups in total. The number of terminal acetylenes is 1. The van der Waals surface area contributed by atoms with Gasteiger partial charge in [0, 0.05) is 18.7 Å². The Labute approximate surface area is 99.2 Å². The lowest BCUT2D eigenvalue weighted by Crippen LogP contribution is -2.41. The van der Waals surface area contributed by atoms with Crippen LogP contribution >= 0.6 is 11.8 Å². The molecule has 16 heavy (non-hydrogen) atoms. The SMILES string of the molecule is C#CCSCCNC(=O)C(N)CCC(=O)O. The van der Waals surface area contributed by atoms with Crippen molar-refractivity contribution < 1.29 is 14.7 Å². The molecule has 0 aliphatic heterocycles. The Morgan fingerprint density at radius 3 is 2.81 bits per heavy atom. The molecular formula is C10H16N2O3S. The molecule has 0 aromatic heterocycles. The van der Waals surface area contributed by atoms with E-state index in [1.54, 1.807) is 0 Å². The van der Waals surface area contributed by atoms with Gasteiger partial charge in [0.1, 0.15) is 0 Å². The molecule has 0 bridgehead atoms. The number of amides is 1. The third-order valence-electron chi connectivity index (χ3n) is 1.74. The molecule has 0 aliphatic carbocycles. The lowest BCUT2D eigenvalue weighted by atomic mass is 10.1. The van der Waals surface area contributed by atoms with Gasteiger partial charge in [0.2, 0.25) is 5.91 Å². The van der Waals surface area contributed by atoms with Crippen LogP contribution < -0.4 is 11.1 Å². The van der Waals surface area contributed by atoms with E-state index in [0.29, 0.717) is 12.3 Å². The number of rotatable bonds is 8.